The molecule has 19 heavy (non-hydrogen) atoms. The van der Waals surface area contributed by atoms with Gasteiger partial charge in [-0.2, -0.15) is 0 Å². The van der Waals surface area contributed by atoms with Crippen LogP contribution < -0.4 is 11.3 Å². The molecule has 2 aromatic rings. The predicted molar refractivity (Wildman–Crippen MR) is 83.3 cm³/mol. The Kier molecular flexibility index (Phi) is 4.64. The van der Waals surface area contributed by atoms with Crippen molar-refractivity contribution < 1.29 is 0 Å². The summed E-state index contributed by atoms with van der Waals surface area (Å²) in [6.45, 7) is 4.28. The maximum atomic E-state index is 5.82. The second kappa shape index (κ2) is 6.24. The zero-order chi connectivity index (χ0) is 13.8. The smallest absolute Gasteiger partial charge is 0.0723 e. The Morgan fingerprint density at radius 3 is 2.37 bits per heavy atom. The molecular weight excluding hydrogens is 252 g/mol. The first kappa shape index (κ1) is 14.1. The topological polar surface area (TPSA) is 38.0 Å². The number of hydrogen-bond donors (Lipinski definition) is 2. The molecule has 2 nitrogen and oxygen atoms in total. The molecule has 0 aromatic heterocycles. The Bertz CT molecular complexity index is 566. The zero-order valence-electron chi connectivity index (χ0n) is 11.6. The van der Waals surface area contributed by atoms with Gasteiger partial charge in [0.2, 0.25) is 0 Å². The normalized spacial score (nSPS) is 12.4. The Morgan fingerprint density at radius 1 is 1.00 bits per heavy atom. The summed E-state index contributed by atoms with van der Waals surface area (Å²) in [5.41, 5.74) is 8.02. The third-order valence-corrected chi connectivity index (χ3v) is 4.39. The van der Waals surface area contributed by atoms with Crippen LogP contribution in [0.15, 0.2) is 47.4 Å². The molecular formula is C16H20N2S. The van der Waals surface area contributed by atoms with Gasteiger partial charge in [0.15, 0.2) is 0 Å². The molecule has 0 saturated heterocycles. The highest BCUT2D eigenvalue weighted by molar-refractivity contribution is 7.98. The fourth-order valence-electron chi connectivity index (χ4n) is 2.34. The van der Waals surface area contributed by atoms with Crippen LogP contribution in [0.1, 0.15) is 28.3 Å². The van der Waals surface area contributed by atoms with Crippen molar-refractivity contribution in [2.24, 2.45) is 5.84 Å². The molecule has 2 aromatic carbocycles. The number of nitrogens with one attached hydrogen (secondary N) is 1. The molecule has 0 heterocycles. The van der Waals surface area contributed by atoms with E-state index in [1.165, 1.54) is 27.1 Å². The summed E-state index contributed by atoms with van der Waals surface area (Å²) in [6, 6.07) is 14.8. The lowest BCUT2D eigenvalue weighted by molar-refractivity contribution is 0.624. The molecule has 0 amide bonds. The van der Waals surface area contributed by atoms with Gasteiger partial charge in [0, 0.05) is 4.90 Å². The molecule has 100 valence electrons. The molecule has 0 saturated carbocycles. The number of aryl methyl sites for hydroxylation is 1. The van der Waals surface area contributed by atoms with Crippen LogP contribution in [0.2, 0.25) is 0 Å². The SMILES string of the molecule is CSc1ccccc1C(NN)c1cccc(C)c1C. The number of hydrogen-bond acceptors (Lipinski definition) is 3. The van der Waals surface area contributed by atoms with E-state index < -0.39 is 0 Å². The van der Waals surface area contributed by atoms with Crippen molar-refractivity contribution in [3.63, 3.8) is 0 Å². The van der Waals surface area contributed by atoms with Gasteiger partial charge in [-0.1, -0.05) is 36.4 Å². The minimum absolute atomic E-state index is 0.0311. The van der Waals surface area contributed by atoms with Gasteiger partial charge in [-0.25, -0.2) is 5.43 Å². The minimum atomic E-state index is 0.0311. The summed E-state index contributed by atoms with van der Waals surface area (Å²) >= 11 is 1.75. The number of benzene rings is 2. The summed E-state index contributed by atoms with van der Waals surface area (Å²) in [4.78, 5) is 1.26. The van der Waals surface area contributed by atoms with Gasteiger partial charge in [-0.3, -0.25) is 5.84 Å². The van der Waals surface area contributed by atoms with Gasteiger partial charge in [-0.15, -0.1) is 11.8 Å². The Labute approximate surface area is 119 Å². The number of thioether (sulfide) groups is 1. The van der Waals surface area contributed by atoms with Crippen LogP contribution in [0.5, 0.6) is 0 Å². The van der Waals surface area contributed by atoms with Crippen LogP contribution in [-0.4, -0.2) is 6.26 Å². The third-order valence-electron chi connectivity index (χ3n) is 3.57. The number of nitrogens with two attached hydrogens (primary N) is 1. The largest absolute Gasteiger partial charge is 0.271 e. The minimum Gasteiger partial charge on any atom is -0.271 e. The number of hydrazine groups is 1. The third kappa shape index (κ3) is 2.84. The summed E-state index contributed by atoms with van der Waals surface area (Å²) in [7, 11) is 0. The van der Waals surface area contributed by atoms with E-state index in [1.54, 1.807) is 11.8 Å². The van der Waals surface area contributed by atoms with Crippen LogP contribution in [0.4, 0.5) is 0 Å². The van der Waals surface area contributed by atoms with Crippen molar-refractivity contribution >= 4 is 11.8 Å². The van der Waals surface area contributed by atoms with Crippen LogP contribution in [-0.2, 0) is 0 Å². The molecule has 0 aliphatic rings. The summed E-state index contributed by atoms with van der Waals surface area (Å²) in [5, 5.41) is 0. The Balaban J connectivity index is 2.53. The van der Waals surface area contributed by atoms with E-state index in [1.807, 2.05) is 0 Å². The maximum absolute atomic E-state index is 5.82. The molecule has 0 aliphatic carbocycles. The van der Waals surface area contributed by atoms with Crippen molar-refractivity contribution in [1.29, 1.82) is 0 Å². The highest BCUT2D eigenvalue weighted by Crippen LogP contribution is 2.31. The van der Waals surface area contributed by atoms with Crippen molar-refractivity contribution in [2.45, 2.75) is 24.8 Å². The lowest BCUT2D eigenvalue weighted by Gasteiger charge is -2.22. The van der Waals surface area contributed by atoms with Gasteiger partial charge < -0.3 is 0 Å². The Hall–Kier alpha value is -1.29. The van der Waals surface area contributed by atoms with Crippen molar-refractivity contribution in [3.8, 4) is 0 Å². The first-order valence-corrected chi connectivity index (χ1v) is 7.56. The zero-order valence-corrected chi connectivity index (χ0v) is 12.4. The predicted octanol–water partition coefficient (Wildman–Crippen LogP) is 3.58. The van der Waals surface area contributed by atoms with Gasteiger partial charge in [-0.05, 0) is 48.4 Å². The van der Waals surface area contributed by atoms with Crippen molar-refractivity contribution in [3.05, 3.63) is 64.7 Å². The van der Waals surface area contributed by atoms with E-state index in [0.717, 1.165) is 0 Å². The molecule has 0 aliphatic heterocycles. The average molecular weight is 272 g/mol. The van der Waals surface area contributed by atoms with E-state index in [9.17, 15) is 0 Å². The van der Waals surface area contributed by atoms with E-state index in [0.29, 0.717) is 0 Å². The highest BCUT2D eigenvalue weighted by Gasteiger charge is 2.17. The van der Waals surface area contributed by atoms with E-state index in [2.05, 4.69) is 68.0 Å². The monoisotopic (exact) mass is 272 g/mol. The molecule has 1 atom stereocenters. The summed E-state index contributed by atoms with van der Waals surface area (Å²) < 4.78 is 0. The first-order chi connectivity index (χ1) is 9.19. The van der Waals surface area contributed by atoms with E-state index >= 15 is 0 Å². The molecule has 2 rings (SSSR count). The van der Waals surface area contributed by atoms with Crippen molar-refractivity contribution in [1.82, 2.24) is 5.43 Å². The lowest BCUT2D eigenvalue weighted by Crippen LogP contribution is -2.29. The quantitative estimate of drug-likeness (QED) is 0.507. The van der Waals surface area contributed by atoms with Gasteiger partial charge in [0.25, 0.3) is 0 Å². The van der Waals surface area contributed by atoms with Crippen LogP contribution in [0, 0.1) is 13.8 Å². The fraction of sp³-hybridized carbons (Fsp3) is 0.250. The molecule has 0 spiro atoms. The summed E-state index contributed by atoms with van der Waals surface area (Å²) in [5.74, 6) is 5.82. The van der Waals surface area contributed by atoms with Gasteiger partial charge in [0.05, 0.1) is 6.04 Å². The first-order valence-electron chi connectivity index (χ1n) is 6.34. The second-order valence-electron chi connectivity index (χ2n) is 4.63. The molecule has 3 heteroatoms. The van der Waals surface area contributed by atoms with E-state index in [-0.39, 0.29) is 6.04 Å². The molecule has 3 N–H and O–H groups in total. The summed E-state index contributed by atoms with van der Waals surface area (Å²) in [6.07, 6.45) is 2.09. The maximum Gasteiger partial charge on any atom is 0.0723 e. The molecule has 0 fully saturated rings. The molecule has 0 radical (unpaired) electrons. The van der Waals surface area contributed by atoms with Crippen molar-refractivity contribution in [2.75, 3.05) is 6.26 Å². The fourth-order valence-corrected chi connectivity index (χ4v) is 2.97. The lowest BCUT2D eigenvalue weighted by atomic mass is 9.93. The second-order valence-corrected chi connectivity index (χ2v) is 5.48. The molecule has 0 bridgehead atoms. The molecule has 1 unspecified atom stereocenters. The van der Waals surface area contributed by atoms with E-state index in [4.69, 9.17) is 5.84 Å². The van der Waals surface area contributed by atoms with Gasteiger partial charge >= 0.3 is 0 Å². The van der Waals surface area contributed by atoms with Crippen LogP contribution >= 0.6 is 11.8 Å². The van der Waals surface area contributed by atoms with Gasteiger partial charge in [0.1, 0.15) is 0 Å². The van der Waals surface area contributed by atoms with Crippen LogP contribution in [0.25, 0.3) is 0 Å². The average Bonchev–Trinajstić information content (AvgIpc) is 2.45. The Morgan fingerprint density at radius 2 is 1.68 bits per heavy atom. The highest BCUT2D eigenvalue weighted by atomic mass is 32.2. The van der Waals surface area contributed by atoms with Crippen LogP contribution in [0.3, 0.4) is 0 Å². The number of rotatable bonds is 4. The standard InChI is InChI=1S/C16H20N2S/c1-11-7-6-9-13(12(11)2)16(18-17)14-8-4-5-10-15(14)19-3/h4-10,16,18H,17H2,1-3H3.